The van der Waals surface area contributed by atoms with Gasteiger partial charge in [0.15, 0.2) is 5.78 Å². The van der Waals surface area contributed by atoms with Crippen LogP contribution in [0.2, 0.25) is 0 Å². The van der Waals surface area contributed by atoms with Gasteiger partial charge in [-0.25, -0.2) is 0 Å². The molecule has 0 bridgehead atoms. The molecule has 0 heterocycles. The molecular formula is C17H25NO2. The van der Waals surface area contributed by atoms with Crippen LogP contribution in [0.25, 0.3) is 0 Å². The monoisotopic (exact) mass is 275 g/mol. The van der Waals surface area contributed by atoms with E-state index in [1.165, 1.54) is 38.5 Å². The minimum absolute atomic E-state index is 0.119. The number of carbonyl (C=O) groups excluding carboxylic acids is 1. The highest BCUT2D eigenvalue weighted by atomic mass is 16.5. The number of methoxy groups -OCH3 is 1. The number of ketones is 1. The zero-order valence-corrected chi connectivity index (χ0v) is 12.5. The van der Waals surface area contributed by atoms with Crippen molar-refractivity contribution in [3.63, 3.8) is 0 Å². The molecular weight excluding hydrogens is 250 g/mol. The van der Waals surface area contributed by atoms with Crippen LogP contribution in [0.15, 0.2) is 24.3 Å². The number of nitrogens with one attached hydrogen (secondary N) is 1. The summed E-state index contributed by atoms with van der Waals surface area (Å²) in [6.45, 7) is 1.97. The molecule has 0 radical (unpaired) electrons. The highest BCUT2D eigenvalue weighted by Crippen LogP contribution is 2.18. The van der Waals surface area contributed by atoms with Crippen LogP contribution in [0.4, 0.5) is 0 Å². The van der Waals surface area contributed by atoms with Gasteiger partial charge in [0, 0.05) is 11.6 Å². The first-order valence-electron chi connectivity index (χ1n) is 7.65. The second-order valence-corrected chi connectivity index (χ2v) is 5.67. The summed E-state index contributed by atoms with van der Waals surface area (Å²) in [6.07, 6.45) is 7.61. The molecule has 1 atom stereocenters. The van der Waals surface area contributed by atoms with Gasteiger partial charge in [0.2, 0.25) is 0 Å². The van der Waals surface area contributed by atoms with Crippen molar-refractivity contribution in [3.05, 3.63) is 29.8 Å². The van der Waals surface area contributed by atoms with Gasteiger partial charge in [0.05, 0.1) is 13.2 Å². The summed E-state index contributed by atoms with van der Waals surface area (Å²) >= 11 is 0. The smallest absolute Gasteiger partial charge is 0.179 e. The Morgan fingerprint density at radius 3 is 2.30 bits per heavy atom. The van der Waals surface area contributed by atoms with E-state index in [0.29, 0.717) is 6.04 Å². The molecule has 1 fully saturated rings. The normalized spacial score (nSPS) is 18.3. The van der Waals surface area contributed by atoms with Crippen molar-refractivity contribution in [2.45, 2.75) is 57.5 Å². The fourth-order valence-corrected chi connectivity index (χ4v) is 2.88. The SMILES string of the molecule is COc1ccc(C(=O)C(C)NC2CCCCCC2)cc1. The maximum atomic E-state index is 12.4. The third-order valence-electron chi connectivity index (χ3n) is 4.11. The van der Waals surface area contributed by atoms with Gasteiger partial charge in [-0.2, -0.15) is 0 Å². The molecule has 0 spiro atoms. The van der Waals surface area contributed by atoms with E-state index in [4.69, 9.17) is 4.74 Å². The minimum Gasteiger partial charge on any atom is -0.497 e. The van der Waals surface area contributed by atoms with E-state index < -0.39 is 0 Å². The molecule has 1 unspecified atom stereocenters. The number of carbonyl (C=O) groups is 1. The number of Topliss-reactive ketones (excluding diaryl/α,β-unsaturated/α-hetero) is 1. The predicted molar refractivity (Wildman–Crippen MR) is 81.4 cm³/mol. The van der Waals surface area contributed by atoms with Crippen LogP contribution in [0, 0.1) is 0 Å². The Morgan fingerprint density at radius 1 is 1.15 bits per heavy atom. The first-order valence-corrected chi connectivity index (χ1v) is 7.65. The van der Waals surface area contributed by atoms with E-state index in [1.807, 2.05) is 31.2 Å². The van der Waals surface area contributed by atoms with E-state index >= 15 is 0 Å². The Bertz CT molecular complexity index is 419. The predicted octanol–water partition coefficient (Wildman–Crippen LogP) is 3.58. The number of hydrogen-bond donors (Lipinski definition) is 1. The lowest BCUT2D eigenvalue weighted by Gasteiger charge is -2.21. The zero-order valence-electron chi connectivity index (χ0n) is 12.5. The first kappa shape index (κ1) is 15.0. The van der Waals surface area contributed by atoms with Crippen molar-refractivity contribution >= 4 is 5.78 Å². The average molecular weight is 275 g/mol. The Morgan fingerprint density at radius 2 is 1.75 bits per heavy atom. The van der Waals surface area contributed by atoms with Gasteiger partial charge >= 0.3 is 0 Å². The van der Waals surface area contributed by atoms with Gasteiger partial charge in [-0.05, 0) is 44.0 Å². The van der Waals surface area contributed by atoms with Crippen LogP contribution >= 0.6 is 0 Å². The Kier molecular flexibility index (Phi) is 5.60. The number of hydrogen-bond acceptors (Lipinski definition) is 3. The molecule has 20 heavy (non-hydrogen) atoms. The van der Waals surface area contributed by atoms with Gasteiger partial charge in [-0.1, -0.05) is 25.7 Å². The summed E-state index contributed by atoms with van der Waals surface area (Å²) in [5, 5.41) is 3.50. The fourth-order valence-electron chi connectivity index (χ4n) is 2.88. The van der Waals surface area contributed by atoms with Crippen molar-refractivity contribution < 1.29 is 9.53 Å². The largest absolute Gasteiger partial charge is 0.497 e. The van der Waals surface area contributed by atoms with Gasteiger partial charge in [0.25, 0.3) is 0 Å². The van der Waals surface area contributed by atoms with Crippen molar-refractivity contribution in [1.29, 1.82) is 0 Å². The Hall–Kier alpha value is -1.35. The number of benzene rings is 1. The summed E-state index contributed by atoms with van der Waals surface area (Å²) < 4.78 is 5.12. The topological polar surface area (TPSA) is 38.3 Å². The van der Waals surface area contributed by atoms with E-state index in [0.717, 1.165) is 11.3 Å². The third-order valence-corrected chi connectivity index (χ3v) is 4.11. The van der Waals surface area contributed by atoms with Crippen molar-refractivity contribution in [2.24, 2.45) is 0 Å². The summed E-state index contributed by atoms with van der Waals surface area (Å²) in [7, 11) is 1.63. The Labute approximate surface area is 121 Å². The van der Waals surface area contributed by atoms with Crippen LogP contribution in [-0.4, -0.2) is 25.0 Å². The molecule has 3 heteroatoms. The summed E-state index contributed by atoms with van der Waals surface area (Å²) in [6, 6.07) is 7.73. The van der Waals surface area contributed by atoms with Gasteiger partial charge in [0.1, 0.15) is 5.75 Å². The second kappa shape index (κ2) is 7.44. The highest BCUT2D eigenvalue weighted by molar-refractivity contribution is 5.99. The molecule has 0 amide bonds. The molecule has 1 aliphatic carbocycles. The maximum Gasteiger partial charge on any atom is 0.179 e. The molecule has 1 aliphatic rings. The molecule has 0 aromatic heterocycles. The van der Waals surface area contributed by atoms with E-state index in [9.17, 15) is 4.79 Å². The lowest BCUT2D eigenvalue weighted by Crippen LogP contribution is -2.41. The van der Waals surface area contributed by atoms with Crippen molar-refractivity contribution in [1.82, 2.24) is 5.32 Å². The quantitative estimate of drug-likeness (QED) is 0.659. The van der Waals surface area contributed by atoms with Crippen molar-refractivity contribution in [3.8, 4) is 5.75 Å². The lowest BCUT2D eigenvalue weighted by molar-refractivity contribution is 0.0942. The molecule has 0 aliphatic heterocycles. The molecule has 0 saturated heterocycles. The highest BCUT2D eigenvalue weighted by Gasteiger charge is 2.20. The van der Waals surface area contributed by atoms with Crippen LogP contribution in [0.5, 0.6) is 5.75 Å². The van der Waals surface area contributed by atoms with Crippen LogP contribution in [0.1, 0.15) is 55.8 Å². The van der Waals surface area contributed by atoms with E-state index in [2.05, 4.69) is 5.32 Å². The van der Waals surface area contributed by atoms with Crippen molar-refractivity contribution in [2.75, 3.05) is 7.11 Å². The first-order chi connectivity index (χ1) is 9.70. The molecule has 1 saturated carbocycles. The Balaban J connectivity index is 1.92. The maximum absolute atomic E-state index is 12.4. The molecule has 110 valence electrons. The molecule has 1 N–H and O–H groups in total. The molecule has 3 nitrogen and oxygen atoms in total. The average Bonchev–Trinajstić information content (AvgIpc) is 2.75. The standard InChI is InChI=1S/C17H25NO2/c1-13(18-15-7-5-3-4-6-8-15)17(19)14-9-11-16(20-2)12-10-14/h9-13,15,18H,3-8H2,1-2H3. The van der Waals surface area contributed by atoms with Crippen LogP contribution < -0.4 is 10.1 Å². The van der Waals surface area contributed by atoms with Gasteiger partial charge in [-0.15, -0.1) is 0 Å². The van der Waals surface area contributed by atoms with Gasteiger partial charge < -0.3 is 10.1 Å². The number of rotatable bonds is 5. The summed E-state index contributed by atoms with van der Waals surface area (Å²) in [4.78, 5) is 12.4. The second-order valence-electron chi connectivity index (χ2n) is 5.67. The summed E-state index contributed by atoms with van der Waals surface area (Å²) in [5.41, 5.74) is 0.749. The van der Waals surface area contributed by atoms with E-state index in [1.54, 1.807) is 7.11 Å². The molecule has 2 rings (SSSR count). The van der Waals surface area contributed by atoms with Gasteiger partial charge in [-0.3, -0.25) is 4.79 Å². The third kappa shape index (κ3) is 4.07. The molecule has 1 aromatic rings. The lowest BCUT2D eigenvalue weighted by atomic mass is 10.0. The summed E-state index contributed by atoms with van der Waals surface area (Å²) in [5.74, 6) is 0.947. The number of ether oxygens (including phenoxy) is 1. The zero-order chi connectivity index (χ0) is 14.4. The fraction of sp³-hybridized carbons (Fsp3) is 0.588. The molecule has 1 aromatic carbocycles. The minimum atomic E-state index is -0.119. The van der Waals surface area contributed by atoms with Crippen LogP contribution in [-0.2, 0) is 0 Å². The van der Waals surface area contributed by atoms with E-state index in [-0.39, 0.29) is 11.8 Å². The van der Waals surface area contributed by atoms with Crippen LogP contribution in [0.3, 0.4) is 0 Å².